The van der Waals surface area contributed by atoms with E-state index < -0.39 is 34.4 Å². The Morgan fingerprint density at radius 3 is 2.55 bits per heavy atom. The van der Waals surface area contributed by atoms with E-state index in [9.17, 15) is 18.0 Å². The van der Waals surface area contributed by atoms with Gasteiger partial charge in [-0.1, -0.05) is 4.83 Å². The summed E-state index contributed by atoms with van der Waals surface area (Å²) in [6, 6.07) is -1.13. The van der Waals surface area contributed by atoms with Gasteiger partial charge in [0.2, 0.25) is 5.91 Å². The van der Waals surface area contributed by atoms with Gasteiger partial charge in [0.25, 0.3) is 0 Å². The molecule has 0 unspecified atom stereocenters. The number of nitrogens with two attached hydrogens (primary N) is 1. The molecule has 1 heterocycles. The molecule has 5 N–H and O–H groups in total. The molecule has 0 aromatic carbocycles. The third-order valence-corrected chi connectivity index (χ3v) is 3.20. The summed E-state index contributed by atoms with van der Waals surface area (Å²) in [6.07, 6.45) is -0.278. The van der Waals surface area contributed by atoms with Crippen LogP contribution in [0.2, 0.25) is 0 Å². The van der Waals surface area contributed by atoms with Crippen molar-refractivity contribution in [2.45, 2.75) is 31.8 Å². The molecule has 116 valence electrons. The zero-order valence-corrected chi connectivity index (χ0v) is 11.7. The third kappa shape index (κ3) is 4.92. The van der Waals surface area contributed by atoms with E-state index in [0.29, 0.717) is 17.9 Å². The fraction of sp³-hybridized carbons (Fsp3) is 0.778. The third-order valence-electron chi connectivity index (χ3n) is 2.78. The number of carbonyl (C=O) groups is 2. The van der Waals surface area contributed by atoms with Gasteiger partial charge in [0.1, 0.15) is 0 Å². The van der Waals surface area contributed by atoms with Gasteiger partial charge < -0.3 is 15.8 Å². The summed E-state index contributed by atoms with van der Waals surface area (Å²) >= 11 is 0. The summed E-state index contributed by atoms with van der Waals surface area (Å²) in [4.78, 5) is 24.4. The van der Waals surface area contributed by atoms with Crippen molar-refractivity contribution >= 4 is 22.3 Å². The number of carbonyl (C=O) groups excluding carboxylic acids is 2. The molecule has 1 aliphatic rings. The largest absolute Gasteiger partial charge is 0.449 e. The Hall–Kier alpha value is -1.43. The standard InChI is InChI=1S/C9H18N4O6S/c1-2-19-9(15)13(12-20(16,17)18)6-3-4-7(8(10)14)11-5-6/h6-7,11-12H,2-5H2,1H3,(H2,10,14)(H,16,17,18)/t6-,7+/m1/s1. The van der Waals surface area contributed by atoms with Crippen LogP contribution < -0.4 is 15.9 Å². The number of piperidine rings is 1. The van der Waals surface area contributed by atoms with Gasteiger partial charge >= 0.3 is 16.4 Å². The normalized spacial score (nSPS) is 23.1. The summed E-state index contributed by atoms with van der Waals surface area (Å²) in [7, 11) is -4.61. The second-order valence-electron chi connectivity index (χ2n) is 4.23. The molecule has 0 radical (unpaired) electrons. The maximum absolute atomic E-state index is 11.7. The van der Waals surface area contributed by atoms with Gasteiger partial charge in [-0.05, 0) is 19.8 Å². The highest BCUT2D eigenvalue weighted by molar-refractivity contribution is 7.83. The minimum absolute atomic E-state index is 0.0482. The SMILES string of the molecule is CCOC(=O)N(NS(=O)(=O)O)[C@@H]1CC[C@@H](C(N)=O)NC1. The van der Waals surface area contributed by atoms with Crippen molar-refractivity contribution in [2.24, 2.45) is 5.73 Å². The maximum atomic E-state index is 11.7. The van der Waals surface area contributed by atoms with E-state index in [4.69, 9.17) is 15.0 Å². The molecule has 1 rings (SSSR count). The van der Waals surface area contributed by atoms with Gasteiger partial charge in [-0.15, -0.1) is 0 Å². The van der Waals surface area contributed by atoms with Gasteiger partial charge in [0.15, 0.2) is 0 Å². The van der Waals surface area contributed by atoms with Crippen molar-refractivity contribution in [3.05, 3.63) is 0 Å². The van der Waals surface area contributed by atoms with Gasteiger partial charge in [-0.25, -0.2) is 9.80 Å². The number of ether oxygens (including phenoxy) is 1. The molecule has 10 nitrogen and oxygen atoms in total. The van der Waals surface area contributed by atoms with E-state index in [-0.39, 0.29) is 13.2 Å². The highest BCUT2D eigenvalue weighted by atomic mass is 32.2. The van der Waals surface area contributed by atoms with Crippen LogP contribution in [0.1, 0.15) is 19.8 Å². The molecule has 0 bridgehead atoms. The number of nitrogens with zero attached hydrogens (tertiary/aromatic N) is 1. The molecule has 0 saturated carbocycles. The first-order valence-corrected chi connectivity index (χ1v) is 7.42. The van der Waals surface area contributed by atoms with Crippen LogP contribution in [0.25, 0.3) is 0 Å². The number of hydrogen-bond acceptors (Lipinski definition) is 6. The summed E-state index contributed by atoms with van der Waals surface area (Å²) in [6.45, 7) is 1.74. The molecule has 20 heavy (non-hydrogen) atoms. The molecule has 0 aromatic heterocycles. The van der Waals surface area contributed by atoms with Crippen molar-refractivity contribution in [1.82, 2.24) is 15.2 Å². The van der Waals surface area contributed by atoms with Crippen molar-refractivity contribution in [1.29, 1.82) is 0 Å². The van der Waals surface area contributed by atoms with E-state index in [2.05, 4.69) is 5.32 Å². The lowest BCUT2D eigenvalue weighted by atomic mass is 10.0. The Labute approximate surface area is 116 Å². The number of hydrazine groups is 1. The molecular formula is C9H18N4O6S. The van der Waals surface area contributed by atoms with E-state index in [1.807, 2.05) is 0 Å². The lowest BCUT2D eigenvalue weighted by Crippen LogP contribution is -2.59. The van der Waals surface area contributed by atoms with Crippen LogP contribution in [0.15, 0.2) is 0 Å². The Bertz CT molecular complexity index is 459. The minimum atomic E-state index is -4.61. The zero-order valence-electron chi connectivity index (χ0n) is 10.9. The summed E-state index contributed by atoms with van der Waals surface area (Å²) in [5.41, 5.74) is 5.14. The van der Waals surface area contributed by atoms with Crippen molar-refractivity contribution in [3.8, 4) is 0 Å². The Balaban J connectivity index is 2.74. The first-order chi connectivity index (χ1) is 9.24. The van der Waals surface area contributed by atoms with Gasteiger partial charge in [-0.3, -0.25) is 9.35 Å². The van der Waals surface area contributed by atoms with Crippen LogP contribution in [-0.2, 0) is 19.8 Å². The Kier molecular flexibility index (Phi) is 5.68. The number of primary amides is 1. The first kappa shape index (κ1) is 16.6. The number of nitrogens with one attached hydrogen (secondary N) is 2. The fourth-order valence-corrected chi connectivity index (χ4v) is 2.36. The monoisotopic (exact) mass is 310 g/mol. The molecule has 0 spiro atoms. The Morgan fingerprint density at radius 1 is 1.50 bits per heavy atom. The van der Waals surface area contributed by atoms with Crippen LogP contribution in [0.5, 0.6) is 0 Å². The van der Waals surface area contributed by atoms with Crippen LogP contribution in [-0.4, -0.2) is 55.2 Å². The lowest BCUT2D eigenvalue weighted by Gasteiger charge is -2.34. The lowest BCUT2D eigenvalue weighted by molar-refractivity contribution is -0.120. The molecule has 2 atom stereocenters. The Morgan fingerprint density at radius 2 is 2.15 bits per heavy atom. The van der Waals surface area contributed by atoms with Gasteiger partial charge in [-0.2, -0.15) is 8.42 Å². The van der Waals surface area contributed by atoms with E-state index in [0.717, 1.165) is 0 Å². The van der Waals surface area contributed by atoms with Crippen molar-refractivity contribution in [2.75, 3.05) is 13.2 Å². The predicted molar refractivity (Wildman–Crippen MR) is 67.6 cm³/mol. The number of amides is 2. The predicted octanol–water partition coefficient (Wildman–Crippen LogP) is -1.64. The highest BCUT2D eigenvalue weighted by Gasteiger charge is 2.33. The molecule has 1 aliphatic heterocycles. The smallest absolute Gasteiger partial charge is 0.425 e. The number of rotatable bonds is 5. The van der Waals surface area contributed by atoms with Crippen LogP contribution >= 0.6 is 0 Å². The van der Waals surface area contributed by atoms with Crippen molar-refractivity contribution < 1.29 is 27.3 Å². The summed E-state index contributed by atoms with van der Waals surface area (Å²) in [5, 5.41) is 3.47. The van der Waals surface area contributed by atoms with Crippen LogP contribution in [0.4, 0.5) is 4.79 Å². The van der Waals surface area contributed by atoms with E-state index >= 15 is 0 Å². The molecule has 1 fully saturated rings. The zero-order chi connectivity index (χ0) is 15.3. The molecule has 2 amide bonds. The average Bonchev–Trinajstić information content (AvgIpc) is 2.35. The number of hydrogen-bond donors (Lipinski definition) is 4. The fourth-order valence-electron chi connectivity index (χ4n) is 1.88. The van der Waals surface area contributed by atoms with Crippen LogP contribution in [0.3, 0.4) is 0 Å². The van der Waals surface area contributed by atoms with Gasteiger partial charge in [0.05, 0.1) is 18.7 Å². The molecule has 1 saturated heterocycles. The molecule has 0 aliphatic carbocycles. The quantitative estimate of drug-likeness (QED) is 0.351. The van der Waals surface area contributed by atoms with Gasteiger partial charge in [0, 0.05) is 6.54 Å². The topological polar surface area (TPSA) is 151 Å². The maximum Gasteiger partial charge on any atom is 0.425 e. The summed E-state index contributed by atoms with van der Waals surface area (Å²) in [5.74, 6) is -0.520. The second kappa shape index (κ2) is 6.83. The van der Waals surface area contributed by atoms with Crippen molar-refractivity contribution in [3.63, 3.8) is 0 Å². The van der Waals surface area contributed by atoms with Crippen LogP contribution in [0, 0.1) is 0 Å². The molecule has 11 heteroatoms. The molecule has 0 aromatic rings. The van der Waals surface area contributed by atoms with E-state index in [1.165, 1.54) is 0 Å². The minimum Gasteiger partial charge on any atom is -0.449 e. The van der Waals surface area contributed by atoms with E-state index in [1.54, 1.807) is 11.8 Å². The first-order valence-electron chi connectivity index (χ1n) is 5.98. The highest BCUT2D eigenvalue weighted by Crippen LogP contribution is 2.14. The second-order valence-corrected chi connectivity index (χ2v) is 5.36. The summed E-state index contributed by atoms with van der Waals surface area (Å²) < 4.78 is 35.2. The average molecular weight is 310 g/mol. The molecular weight excluding hydrogens is 292 g/mol.